The summed E-state index contributed by atoms with van der Waals surface area (Å²) in [5.74, 6) is -2.02. The number of unbranched alkanes of at least 4 members (excludes halogenated alkanes) is 5. The number of carbonyl (C=O) groups excluding carboxylic acids is 3. The zero-order valence-electron chi connectivity index (χ0n) is 19.6. The molecule has 1 aromatic rings. The van der Waals surface area contributed by atoms with Crippen molar-refractivity contribution in [2.75, 3.05) is 5.75 Å². The Balaban J connectivity index is 1.14. The van der Waals surface area contributed by atoms with Gasteiger partial charge in [-0.3, -0.25) is 19.7 Å². The minimum Gasteiger partial charge on any atom is -0.322 e. The molecule has 1 aliphatic carbocycles. The number of benzene rings is 1. The summed E-state index contributed by atoms with van der Waals surface area (Å²) in [5, 5.41) is 2.34. The van der Waals surface area contributed by atoms with Crippen LogP contribution in [0, 0.1) is 5.92 Å². The highest BCUT2D eigenvalue weighted by molar-refractivity contribution is 7.99. The second-order valence-corrected chi connectivity index (χ2v) is 11.0. The van der Waals surface area contributed by atoms with Crippen LogP contribution in [0.5, 0.6) is 0 Å². The highest BCUT2D eigenvalue weighted by Crippen LogP contribution is 2.41. The summed E-state index contributed by atoms with van der Waals surface area (Å²) in [4.78, 5) is 39.3. The van der Waals surface area contributed by atoms with Gasteiger partial charge in [-0.1, -0.05) is 44.6 Å². The molecule has 4 rings (SSSR count). The van der Waals surface area contributed by atoms with Gasteiger partial charge in [0.2, 0.25) is 17.7 Å². The fourth-order valence-electron chi connectivity index (χ4n) is 5.40. The van der Waals surface area contributed by atoms with E-state index >= 15 is 0 Å². The van der Waals surface area contributed by atoms with E-state index in [2.05, 4.69) is 5.32 Å². The molecule has 5 nitrogen and oxygen atoms in total. The maximum atomic E-state index is 13.2. The second-order valence-electron chi connectivity index (χ2n) is 9.91. The van der Waals surface area contributed by atoms with Gasteiger partial charge in [0.15, 0.2) is 0 Å². The van der Waals surface area contributed by atoms with E-state index in [9.17, 15) is 23.2 Å². The molecule has 0 aromatic heterocycles. The lowest BCUT2D eigenvalue weighted by atomic mass is 9.99. The van der Waals surface area contributed by atoms with E-state index in [1.807, 2.05) is 18.2 Å². The summed E-state index contributed by atoms with van der Waals surface area (Å²) >= 11 is 1.76. The van der Waals surface area contributed by atoms with Gasteiger partial charge >= 0.3 is 0 Å². The molecule has 2 atom stereocenters. The minimum absolute atomic E-state index is 0.0725. The van der Waals surface area contributed by atoms with Gasteiger partial charge in [0.25, 0.3) is 5.91 Å². The van der Waals surface area contributed by atoms with Gasteiger partial charge in [-0.05, 0) is 48.6 Å². The molecule has 2 aliphatic heterocycles. The Bertz CT molecular complexity index is 923. The number of fused-ring (bicyclic) bond motifs is 1. The predicted octanol–water partition coefficient (Wildman–Crippen LogP) is 5.71. The van der Waals surface area contributed by atoms with Crippen LogP contribution >= 0.6 is 11.8 Å². The maximum absolute atomic E-state index is 13.2. The molecule has 2 heterocycles. The third-order valence-electron chi connectivity index (χ3n) is 7.31. The first kappa shape index (κ1) is 25.1. The second kappa shape index (κ2) is 11.2. The topological polar surface area (TPSA) is 66.5 Å². The van der Waals surface area contributed by atoms with Gasteiger partial charge in [0.1, 0.15) is 6.04 Å². The number of imide groups is 1. The third kappa shape index (κ3) is 6.18. The number of hydrogen-bond acceptors (Lipinski definition) is 4. The molecule has 186 valence electrons. The number of thioether (sulfide) groups is 1. The standard InChI is InChI=1S/C26H34F2N2O3S/c27-26(28)14-13-18(16-26)8-5-3-1-2-4-6-15-34-22-10-7-9-19-20(22)17-30(25(19)33)21-11-12-23(31)29-24(21)32/h7,9-10,18,21H,1-6,8,11-17H2,(H,29,31,32). The lowest BCUT2D eigenvalue weighted by Gasteiger charge is -2.29. The van der Waals surface area contributed by atoms with Crippen LogP contribution < -0.4 is 5.32 Å². The summed E-state index contributed by atoms with van der Waals surface area (Å²) in [5.41, 5.74) is 1.65. The Kier molecular flexibility index (Phi) is 8.27. The Morgan fingerprint density at radius 2 is 1.79 bits per heavy atom. The Morgan fingerprint density at radius 1 is 1.03 bits per heavy atom. The number of amides is 3. The minimum atomic E-state index is -2.42. The van der Waals surface area contributed by atoms with Crippen molar-refractivity contribution in [2.24, 2.45) is 5.92 Å². The van der Waals surface area contributed by atoms with E-state index in [1.54, 1.807) is 16.7 Å². The first-order valence-corrected chi connectivity index (χ1v) is 13.6. The molecular weight excluding hydrogens is 458 g/mol. The Hall–Kier alpha value is -1.96. The maximum Gasteiger partial charge on any atom is 0.255 e. The highest BCUT2D eigenvalue weighted by Gasteiger charge is 2.40. The molecule has 3 amide bonds. The number of rotatable bonds is 11. The number of nitrogens with zero attached hydrogens (tertiary/aromatic N) is 1. The van der Waals surface area contributed by atoms with Crippen LogP contribution in [0.1, 0.15) is 93.0 Å². The van der Waals surface area contributed by atoms with Gasteiger partial charge in [-0.15, -0.1) is 11.8 Å². The average molecular weight is 493 g/mol. The van der Waals surface area contributed by atoms with Gasteiger partial charge in [-0.2, -0.15) is 0 Å². The molecule has 0 radical (unpaired) electrons. The zero-order valence-corrected chi connectivity index (χ0v) is 20.4. The molecule has 34 heavy (non-hydrogen) atoms. The Labute approximate surface area is 204 Å². The number of alkyl halides is 2. The van der Waals surface area contributed by atoms with Gasteiger partial charge < -0.3 is 4.90 Å². The van der Waals surface area contributed by atoms with Crippen LogP contribution in [0.25, 0.3) is 0 Å². The first-order chi connectivity index (χ1) is 16.3. The van der Waals surface area contributed by atoms with Crippen molar-refractivity contribution in [3.63, 3.8) is 0 Å². The quantitative estimate of drug-likeness (QED) is 0.244. The summed E-state index contributed by atoms with van der Waals surface area (Å²) in [6.45, 7) is 0.413. The molecule has 3 aliphatic rings. The fraction of sp³-hybridized carbons (Fsp3) is 0.654. The number of carbonyl (C=O) groups is 3. The van der Waals surface area contributed by atoms with Crippen molar-refractivity contribution in [1.29, 1.82) is 0 Å². The number of hydrogen-bond donors (Lipinski definition) is 1. The predicted molar refractivity (Wildman–Crippen MR) is 128 cm³/mol. The lowest BCUT2D eigenvalue weighted by molar-refractivity contribution is -0.136. The van der Waals surface area contributed by atoms with E-state index in [-0.39, 0.29) is 42.9 Å². The van der Waals surface area contributed by atoms with Gasteiger partial charge in [0.05, 0.1) is 0 Å². The normalized spacial score (nSPS) is 23.9. The van der Waals surface area contributed by atoms with Crippen molar-refractivity contribution < 1.29 is 23.2 Å². The van der Waals surface area contributed by atoms with Crippen molar-refractivity contribution in [2.45, 2.75) is 100 Å². The molecule has 8 heteroatoms. The molecule has 1 N–H and O–H groups in total. The van der Waals surface area contributed by atoms with Gasteiger partial charge in [-0.25, -0.2) is 8.78 Å². The van der Waals surface area contributed by atoms with Crippen LogP contribution in [-0.2, 0) is 16.1 Å². The van der Waals surface area contributed by atoms with Crippen molar-refractivity contribution in [1.82, 2.24) is 10.2 Å². The highest BCUT2D eigenvalue weighted by atomic mass is 32.2. The molecule has 2 fully saturated rings. The molecule has 1 saturated carbocycles. The molecule has 0 spiro atoms. The summed E-state index contributed by atoms with van der Waals surface area (Å²) in [7, 11) is 0. The third-order valence-corrected chi connectivity index (χ3v) is 8.50. The number of nitrogens with one attached hydrogen (secondary N) is 1. The fourth-order valence-corrected chi connectivity index (χ4v) is 6.50. The van der Waals surface area contributed by atoms with Crippen LogP contribution in [-0.4, -0.2) is 40.3 Å². The lowest BCUT2D eigenvalue weighted by Crippen LogP contribution is -2.52. The molecule has 0 bridgehead atoms. The molecule has 2 unspecified atom stereocenters. The summed E-state index contributed by atoms with van der Waals surface area (Å²) in [6.07, 6.45) is 9.16. The first-order valence-electron chi connectivity index (χ1n) is 12.6. The molecule has 1 aromatic carbocycles. The van der Waals surface area contributed by atoms with Crippen LogP contribution in [0.2, 0.25) is 0 Å². The van der Waals surface area contributed by atoms with E-state index in [0.717, 1.165) is 61.2 Å². The van der Waals surface area contributed by atoms with Gasteiger partial charge in [0, 0.05) is 36.3 Å². The summed E-state index contributed by atoms with van der Waals surface area (Å²) < 4.78 is 26.5. The Morgan fingerprint density at radius 3 is 2.53 bits per heavy atom. The number of piperidine rings is 1. The van der Waals surface area contributed by atoms with Crippen LogP contribution in [0.3, 0.4) is 0 Å². The smallest absolute Gasteiger partial charge is 0.255 e. The average Bonchev–Trinajstić information content (AvgIpc) is 3.32. The van der Waals surface area contributed by atoms with Crippen molar-refractivity contribution in [3.05, 3.63) is 29.3 Å². The van der Waals surface area contributed by atoms with E-state index in [4.69, 9.17) is 0 Å². The van der Waals surface area contributed by atoms with E-state index in [1.165, 1.54) is 0 Å². The number of halogens is 2. The largest absolute Gasteiger partial charge is 0.322 e. The van der Waals surface area contributed by atoms with E-state index in [0.29, 0.717) is 24.9 Å². The molecular formula is C26H34F2N2O3S. The summed E-state index contributed by atoms with van der Waals surface area (Å²) in [6, 6.07) is 5.17. The van der Waals surface area contributed by atoms with Crippen LogP contribution in [0.15, 0.2) is 23.1 Å². The zero-order chi connectivity index (χ0) is 24.1. The molecule has 1 saturated heterocycles. The van der Waals surface area contributed by atoms with Crippen molar-refractivity contribution in [3.8, 4) is 0 Å². The van der Waals surface area contributed by atoms with E-state index < -0.39 is 12.0 Å². The van der Waals surface area contributed by atoms with Crippen molar-refractivity contribution >= 4 is 29.5 Å². The monoisotopic (exact) mass is 492 g/mol. The SMILES string of the molecule is O=C1CCC(N2Cc3c(SCCCCCCCCC4CCC(F)(F)C4)cccc3C2=O)C(=O)N1. The van der Waals surface area contributed by atoms with Crippen LogP contribution in [0.4, 0.5) is 8.78 Å².